The Bertz CT molecular complexity index is 606. The van der Waals surface area contributed by atoms with Crippen molar-refractivity contribution in [1.82, 2.24) is 0 Å². The van der Waals surface area contributed by atoms with Crippen LogP contribution in [0.25, 0.3) is 0 Å². The molecule has 0 unspecified atom stereocenters. The van der Waals surface area contributed by atoms with Crippen molar-refractivity contribution < 1.29 is 15.1 Å². The second-order valence-corrected chi connectivity index (χ2v) is 4.94. The van der Waals surface area contributed by atoms with Crippen LogP contribution >= 0.6 is 0 Å². The minimum atomic E-state index is 0.243. The maximum atomic E-state index is 9.39. The largest absolute Gasteiger partial charge is 0.508 e. The summed E-state index contributed by atoms with van der Waals surface area (Å²) in [6, 6.07) is 14.9. The Kier molecular flexibility index (Phi) is 5.21. The number of ether oxygens (including phenoxy) is 1. The van der Waals surface area contributed by atoms with Crippen LogP contribution in [0.5, 0.6) is 11.5 Å². The van der Waals surface area contributed by atoms with Crippen LogP contribution in [0.2, 0.25) is 0 Å². The Labute approximate surface area is 124 Å². The topological polar surface area (TPSA) is 62.0 Å². The predicted molar refractivity (Wildman–Crippen MR) is 82.1 cm³/mol. The molecule has 110 valence electrons. The first-order valence-corrected chi connectivity index (χ1v) is 6.84. The Balaban J connectivity index is 1.87. The lowest BCUT2D eigenvalue weighted by molar-refractivity contribution is 0.305. The van der Waals surface area contributed by atoms with Crippen molar-refractivity contribution in [2.24, 2.45) is 5.16 Å². The molecule has 0 amide bonds. The molecule has 0 bridgehead atoms. The van der Waals surface area contributed by atoms with Crippen LogP contribution in [0.4, 0.5) is 0 Å². The van der Waals surface area contributed by atoms with E-state index in [1.54, 1.807) is 25.1 Å². The van der Waals surface area contributed by atoms with Crippen molar-refractivity contribution in [2.45, 2.75) is 26.4 Å². The summed E-state index contributed by atoms with van der Waals surface area (Å²) in [5.41, 5.74) is 2.82. The number of hydrogen-bond donors (Lipinski definition) is 2. The van der Waals surface area contributed by atoms with Gasteiger partial charge in [-0.1, -0.05) is 29.4 Å². The SMILES string of the molecule is C/C(CCc1ccc(OCc2cccc(O)c2)cc1)=N/O. The molecule has 0 heterocycles. The zero-order valence-electron chi connectivity index (χ0n) is 12.0. The first-order chi connectivity index (χ1) is 10.2. The molecular formula is C17H19NO3. The quantitative estimate of drug-likeness (QED) is 0.482. The summed E-state index contributed by atoms with van der Waals surface area (Å²) in [5.74, 6) is 1.03. The van der Waals surface area contributed by atoms with Gasteiger partial charge in [-0.05, 0) is 55.2 Å². The summed E-state index contributed by atoms with van der Waals surface area (Å²) >= 11 is 0. The van der Waals surface area contributed by atoms with E-state index in [1.807, 2.05) is 30.3 Å². The van der Waals surface area contributed by atoms with E-state index < -0.39 is 0 Å². The average Bonchev–Trinajstić information content (AvgIpc) is 2.51. The lowest BCUT2D eigenvalue weighted by Crippen LogP contribution is -1.97. The highest BCUT2D eigenvalue weighted by molar-refractivity contribution is 5.81. The Hall–Kier alpha value is -2.49. The van der Waals surface area contributed by atoms with Crippen LogP contribution in [-0.2, 0) is 13.0 Å². The highest BCUT2D eigenvalue weighted by atomic mass is 16.5. The average molecular weight is 285 g/mol. The third-order valence-corrected chi connectivity index (χ3v) is 3.19. The Morgan fingerprint density at radius 1 is 1.10 bits per heavy atom. The van der Waals surface area contributed by atoms with Gasteiger partial charge in [-0.15, -0.1) is 0 Å². The number of aryl methyl sites for hydroxylation is 1. The second-order valence-electron chi connectivity index (χ2n) is 4.94. The number of phenolic OH excluding ortho intramolecular Hbond substituents is 1. The first kappa shape index (κ1) is 14.9. The van der Waals surface area contributed by atoms with Crippen molar-refractivity contribution in [3.05, 3.63) is 59.7 Å². The molecule has 0 aliphatic heterocycles. The van der Waals surface area contributed by atoms with E-state index in [9.17, 15) is 5.11 Å². The van der Waals surface area contributed by atoms with Gasteiger partial charge in [-0.3, -0.25) is 0 Å². The molecule has 4 heteroatoms. The van der Waals surface area contributed by atoms with E-state index in [2.05, 4.69) is 5.16 Å². The van der Waals surface area contributed by atoms with E-state index in [0.29, 0.717) is 6.61 Å². The highest BCUT2D eigenvalue weighted by Gasteiger charge is 2.00. The van der Waals surface area contributed by atoms with Crippen molar-refractivity contribution in [2.75, 3.05) is 0 Å². The third kappa shape index (κ3) is 4.84. The van der Waals surface area contributed by atoms with E-state index in [-0.39, 0.29) is 5.75 Å². The molecule has 0 spiro atoms. The molecule has 2 aromatic carbocycles. The molecule has 0 aliphatic rings. The number of oxime groups is 1. The van der Waals surface area contributed by atoms with E-state index >= 15 is 0 Å². The molecule has 4 nitrogen and oxygen atoms in total. The summed E-state index contributed by atoms with van der Waals surface area (Å²) in [6.07, 6.45) is 1.57. The van der Waals surface area contributed by atoms with Crippen molar-refractivity contribution in [1.29, 1.82) is 0 Å². The molecule has 0 saturated carbocycles. The number of hydrogen-bond acceptors (Lipinski definition) is 4. The lowest BCUT2D eigenvalue weighted by Gasteiger charge is -2.07. The van der Waals surface area contributed by atoms with Gasteiger partial charge in [0.05, 0.1) is 5.71 Å². The van der Waals surface area contributed by atoms with Gasteiger partial charge in [0, 0.05) is 0 Å². The van der Waals surface area contributed by atoms with Crippen LogP contribution in [-0.4, -0.2) is 16.0 Å². The normalized spacial score (nSPS) is 11.4. The fraction of sp³-hybridized carbons (Fsp3) is 0.235. The number of nitrogens with zero attached hydrogens (tertiary/aromatic N) is 1. The van der Waals surface area contributed by atoms with Gasteiger partial charge in [-0.25, -0.2) is 0 Å². The van der Waals surface area contributed by atoms with E-state index in [0.717, 1.165) is 29.9 Å². The monoisotopic (exact) mass is 285 g/mol. The summed E-state index contributed by atoms with van der Waals surface area (Å²) in [7, 11) is 0. The molecule has 2 N–H and O–H groups in total. The van der Waals surface area contributed by atoms with Crippen molar-refractivity contribution in [3.8, 4) is 11.5 Å². The molecule has 0 aliphatic carbocycles. The molecule has 0 saturated heterocycles. The molecule has 2 rings (SSSR count). The zero-order chi connectivity index (χ0) is 15.1. The molecular weight excluding hydrogens is 266 g/mol. The number of benzene rings is 2. The molecule has 0 aromatic heterocycles. The zero-order valence-corrected chi connectivity index (χ0v) is 12.0. The molecule has 2 aromatic rings. The van der Waals surface area contributed by atoms with Crippen LogP contribution < -0.4 is 4.74 Å². The number of phenols is 1. The van der Waals surface area contributed by atoms with Gasteiger partial charge in [0.15, 0.2) is 0 Å². The summed E-state index contributed by atoms with van der Waals surface area (Å²) < 4.78 is 5.67. The van der Waals surface area contributed by atoms with Gasteiger partial charge in [0.1, 0.15) is 18.1 Å². The van der Waals surface area contributed by atoms with Crippen molar-refractivity contribution in [3.63, 3.8) is 0 Å². The van der Waals surface area contributed by atoms with Gasteiger partial charge < -0.3 is 15.1 Å². The fourth-order valence-electron chi connectivity index (χ4n) is 1.94. The maximum Gasteiger partial charge on any atom is 0.119 e. The Morgan fingerprint density at radius 3 is 2.52 bits per heavy atom. The van der Waals surface area contributed by atoms with Crippen molar-refractivity contribution >= 4 is 5.71 Å². The highest BCUT2D eigenvalue weighted by Crippen LogP contribution is 2.17. The molecule has 0 fully saturated rings. The third-order valence-electron chi connectivity index (χ3n) is 3.19. The summed E-state index contributed by atoms with van der Waals surface area (Å²) in [6.45, 7) is 2.22. The Morgan fingerprint density at radius 2 is 1.86 bits per heavy atom. The molecule has 0 radical (unpaired) electrons. The standard InChI is InChI=1S/C17H19NO3/c1-13(18-20)5-6-14-7-9-17(10-8-14)21-12-15-3-2-4-16(19)11-15/h2-4,7-11,19-20H,5-6,12H2,1H3/b18-13-. The fourth-order valence-corrected chi connectivity index (χ4v) is 1.94. The van der Waals surface area contributed by atoms with Gasteiger partial charge in [0.2, 0.25) is 0 Å². The molecule has 21 heavy (non-hydrogen) atoms. The van der Waals surface area contributed by atoms with Crippen LogP contribution in [0, 0.1) is 0 Å². The lowest BCUT2D eigenvalue weighted by atomic mass is 10.1. The summed E-state index contributed by atoms with van der Waals surface area (Å²) in [4.78, 5) is 0. The van der Waals surface area contributed by atoms with E-state index in [4.69, 9.17) is 9.94 Å². The minimum Gasteiger partial charge on any atom is -0.508 e. The maximum absolute atomic E-state index is 9.39. The van der Waals surface area contributed by atoms with Gasteiger partial charge in [0.25, 0.3) is 0 Å². The van der Waals surface area contributed by atoms with Gasteiger partial charge >= 0.3 is 0 Å². The van der Waals surface area contributed by atoms with Gasteiger partial charge in [-0.2, -0.15) is 0 Å². The summed E-state index contributed by atoms with van der Waals surface area (Å²) in [5, 5.41) is 21.2. The predicted octanol–water partition coefficient (Wildman–Crippen LogP) is 3.75. The second kappa shape index (κ2) is 7.33. The van der Waals surface area contributed by atoms with Crippen LogP contribution in [0.15, 0.2) is 53.7 Å². The number of rotatable bonds is 6. The first-order valence-electron chi connectivity index (χ1n) is 6.84. The van der Waals surface area contributed by atoms with Crippen LogP contribution in [0.1, 0.15) is 24.5 Å². The number of aromatic hydroxyl groups is 1. The van der Waals surface area contributed by atoms with E-state index in [1.165, 1.54) is 5.56 Å². The smallest absolute Gasteiger partial charge is 0.119 e. The minimum absolute atomic E-state index is 0.243. The van der Waals surface area contributed by atoms with Crippen LogP contribution in [0.3, 0.4) is 0 Å². The molecule has 0 atom stereocenters.